The third-order valence-electron chi connectivity index (χ3n) is 4.80. The Morgan fingerprint density at radius 1 is 0.967 bits per heavy atom. The fraction of sp³-hybridized carbons (Fsp3) is 0.0455. The van der Waals surface area contributed by atoms with Crippen LogP contribution in [-0.2, 0) is 9.84 Å². The normalized spacial score (nSPS) is 11.7. The molecule has 0 aliphatic heterocycles. The van der Waals surface area contributed by atoms with E-state index in [4.69, 9.17) is 5.73 Å². The summed E-state index contributed by atoms with van der Waals surface area (Å²) in [5.41, 5.74) is 7.28. The van der Waals surface area contributed by atoms with Crippen molar-refractivity contribution in [3.63, 3.8) is 0 Å². The average Bonchev–Trinajstić information content (AvgIpc) is 3.06. The molecule has 0 unspecified atom stereocenters. The molecule has 4 aromatic rings. The zero-order valence-corrected chi connectivity index (χ0v) is 16.6. The number of sulfone groups is 1. The first-order valence-electron chi connectivity index (χ1n) is 8.86. The van der Waals surface area contributed by atoms with Crippen molar-refractivity contribution in [2.24, 2.45) is 5.73 Å². The van der Waals surface area contributed by atoms with Gasteiger partial charge < -0.3 is 10.3 Å². The van der Waals surface area contributed by atoms with Crippen molar-refractivity contribution in [3.8, 4) is 16.8 Å². The summed E-state index contributed by atoms with van der Waals surface area (Å²) < 4.78 is 53.1. The second-order valence-electron chi connectivity index (χ2n) is 6.90. The summed E-state index contributed by atoms with van der Waals surface area (Å²) in [6.07, 6.45) is 1.09. The topological polar surface area (TPSA) is 82.2 Å². The van der Waals surface area contributed by atoms with Crippen LogP contribution in [-0.4, -0.2) is 25.1 Å². The van der Waals surface area contributed by atoms with Crippen LogP contribution in [0.3, 0.4) is 0 Å². The number of nitrogens with zero attached hydrogens (tertiary/aromatic N) is 1. The van der Waals surface area contributed by atoms with Crippen LogP contribution in [0, 0.1) is 11.6 Å². The van der Waals surface area contributed by atoms with E-state index in [-0.39, 0.29) is 16.2 Å². The van der Waals surface area contributed by atoms with Gasteiger partial charge >= 0.3 is 0 Å². The van der Waals surface area contributed by atoms with Gasteiger partial charge in [-0.25, -0.2) is 17.2 Å². The van der Waals surface area contributed by atoms with E-state index >= 15 is 0 Å². The Labute approximate surface area is 171 Å². The lowest BCUT2D eigenvalue weighted by atomic mass is 10.0. The molecular formula is C22H16F2N2O3S. The first-order chi connectivity index (χ1) is 14.1. The number of primary amides is 1. The minimum Gasteiger partial charge on any atom is -0.364 e. The summed E-state index contributed by atoms with van der Waals surface area (Å²) in [6.45, 7) is 0. The number of fused-ring (bicyclic) bond motifs is 1. The summed E-state index contributed by atoms with van der Waals surface area (Å²) in [7, 11) is -3.48. The number of carbonyl (C=O) groups is 1. The Morgan fingerprint density at radius 3 is 2.40 bits per heavy atom. The highest BCUT2D eigenvalue weighted by Gasteiger charge is 2.18. The van der Waals surface area contributed by atoms with E-state index in [9.17, 15) is 22.0 Å². The van der Waals surface area contributed by atoms with Gasteiger partial charge in [0.15, 0.2) is 9.84 Å². The lowest BCUT2D eigenvalue weighted by Gasteiger charge is -2.12. The molecule has 0 radical (unpaired) electrons. The number of halogens is 2. The van der Waals surface area contributed by atoms with Crippen molar-refractivity contribution in [2.75, 3.05) is 6.26 Å². The van der Waals surface area contributed by atoms with E-state index in [0.29, 0.717) is 22.2 Å². The highest BCUT2D eigenvalue weighted by atomic mass is 32.2. The van der Waals surface area contributed by atoms with Crippen molar-refractivity contribution in [3.05, 3.63) is 84.1 Å². The molecule has 8 heteroatoms. The van der Waals surface area contributed by atoms with Gasteiger partial charge in [-0.05, 0) is 48.0 Å². The number of amides is 1. The van der Waals surface area contributed by atoms with Gasteiger partial charge in [0, 0.05) is 29.0 Å². The average molecular weight is 426 g/mol. The molecule has 2 N–H and O–H groups in total. The van der Waals surface area contributed by atoms with E-state index in [1.54, 1.807) is 36.4 Å². The molecule has 0 atom stereocenters. The first kappa shape index (κ1) is 19.8. The molecule has 4 rings (SSSR count). The van der Waals surface area contributed by atoms with Gasteiger partial charge in [0.25, 0.3) is 5.91 Å². The zero-order valence-electron chi connectivity index (χ0n) is 15.8. The van der Waals surface area contributed by atoms with Crippen LogP contribution >= 0.6 is 0 Å². The zero-order chi connectivity index (χ0) is 21.6. The van der Waals surface area contributed by atoms with Crippen LogP contribution < -0.4 is 5.73 Å². The van der Waals surface area contributed by atoms with Crippen LogP contribution in [0.4, 0.5) is 8.78 Å². The Hall–Kier alpha value is -3.52. The van der Waals surface area contributed by atoms with Crippen LogP contribution in [0.1, 0.15) is 10.5 Å². The summed E-state index contributed by atoms with van der Waals surface area (Å²) in [4.78, 5) is 12.2. The Balaban J connectivity index is 1.98. The molecular weight excluding hydrogens is 410 g/mol. The minimum atomic E-state index is -3.48. The van der Waals surface area contributed by atoms with Crippen molar-refractivity contribution in [2.45, 2.75) is 4.90 Å². The predicted molar refractivity (Wildman–Crippen MR) is 110 cm³/mol. The number of aromatic nitrogens is 1. The van der Waals surface area contributed by atoms with Crippen molar-refractivity contribution < 1.29 is 22.0 Å². The first-order valence-corrected chi connectivity index (χ1v) is 10.8. The molecule has 0 saturated carbocycles. The fourth-order valence-corrected chi connectivity index (χ4v) is 4.05. The largest absolute Gasteiger partial charge is 0.364 e. The maximum Gasteiger partial charge on any atom is 0.265 e. The third kappa shape index (κ3) is 3.46. The monoisotopic (exact) mass is 426 g/mol. The number of benzene rings is 3. The molecule has 0 spiro atoms. The van der Waals surface area contributed by atoms with E-state index < -0.39 is 27.4 Å². The highest BCUT2D eigenvalue weighted by molar-refractivity contribution is 7.90. The quantitative estimate of drug-likeness (QED) is 0.534. The highest BCUT2D eigenvalue weighted by Crippen LogP contribution is 2.30. The summed E-state index contributed by atoms with van der Waals surface area (Å²) >= 11 is 0. The van der Waals surface area contributed by atoms with E-state index in [0.717, 1.165) is 18.4 Å². The van der Waals surface area contributed by atoms with Crippen LogP contribution in [0.2, 0.25) is 0 Å². The number of hydrogen-bond donors (Lipinski definition) is 1. The maximum atomic E-state index is 14.3. The summed E-state index contributed by atoms with van der Waals surface area (Å²) in [5.74, 6) is -2.11. The van der Waals surface area contributed by atoms with Crippen LogP contribution in [0.15, 0.2) is 71.6 Å². The lowest BCUT2D eigenvalue weighted by molar-refractivity contribution is 0.0994. The van der Waals surface area contributed by atoms with Crippen LogP contribution in [0.5, 0.6) is 0 Å². The van der Waals surface area contributed by atoms with Gasteiger partial charge in [-0.2, -0.15) is 0 Å². The molecule has 0 saturated heterocycles. The standard InChI is InChI=1S/C22H16F2N2O3S/c1-30(28,29)17-7-5-14-10-21(22(25)27)26(20(14)12-17)16-4-2-3-13(9-16)18-8-6-15(23)11-19(18)24/h2-12H,1H3,(H2,25,27). The number of hydrogen-bond acceptors (Lipinski definition) is 3. The smallest absolute Gasteiger partial charge is 0.265 e. The van der Waals surface area contributed by atoms with Gasteiger partial charge in [-0.15, -0.1) is 0 Å². The molecule has 1 aromatic heterocycles. The molecule has 30 heavy (non-hydrogen) atoms. The van der Waals surface area contributed by atoms with E-state index in [1.165, 1.54) is 22.8 Å². The summed E-state index contributed by atoms with van der Waals surface area (Å²) in [5, 5.41) is 0.620. The molecule has 0 fully saturated rings. The van der Waals surface area contributed by atoms with Gasteiger partial charge in [0.1, 0.15) is 17.3 Å². The molecule has 5 nitrogen and oxygen atoms in total. The molecule has 1 amide bonds. The maximum absolute atomic E-state index is 14.3. The molecule has 1 heterocycles. The second-order valence-corrected chi connectivity index (χ2v) is 8.91. The van der Waals surface area contributed by atoms with Crippen molar-refractivity contribution in [1.29, 1.82) is 0 Å². The number of nitrogens with two attached hydrogens (primary N) is 1. The van der Waals surface area contributed by atoms with Gasteiger partial charge in [-0.1, -0.05) is 18.2 Å². The van der Waals surface area contributed by atoms with Crippen LogP contribution in [0.25, 0.3) is 27.7 Å². The van der Waals surface area contributed by atoms with Gasteiger partial charge in [0.2, 0.25) is 0 Å². The van der Waals surface area contributed by atoms with E-state index in [1.807, 2.05) is 0 Å². The minimum absolute atomic E-state index is 0.0890. The molecule has 3 aromatic carbocycles. The fourth-order valence-electron chi connectivity index (χ4n) is 3.41. The van der Waals surface area contributed by atoms with Crippen molar-refractivity contribution in [1.82, 2.24) is 4.57 Å². The van der Waals surface area contributed by atoms with E-state index in [2.05, 4.69) is 0 Å². The van der Waals surface area contributed by atoms with Gasteiger partial charge in [-0.3, -0.25) is 4.79 Å². The number of rotatable bonds is 4. The number of carbonyl (C=O) groups excluding carboxylic acids is 1. The summed E-state index contributed by atoms with van der Waals surface area (Å²) in [6, 6.07) is 16.0. The third-order valence-corrected chi connectivity index (χ3v) is 5.91. The molecule has 0 bridgehead atoms. The molecule has 152 valence electrons. The Kier molecular flexibility index (Phi) is 4.66. The SMILES string of the molecule is CS(=O)(=O)c1ccc2cc(C(N)=O)n(-c3cccc(-c4ccc(F)cc4F)c3)c2c1. The van der Waals surface area contributed by atoms with Gasteiger partial charge in [0.05, 0.1) is 10.4 Å². The second kappa shape index (κ2) is 7.07. The predicted octanol–water partition coefficient (Wildman–Crippen LogP) is 4.08. The van der Waals surface area contributed by atoms with Crippen molar-refractivity contribution >= 4 is 26.6 Å². The lowest BCUT2D eigenvalue weighted by Crippen LogP contribution is -2.16. The molecule has 0 aliphatic carbocycles. The molecule has 0 aliphatic rings. The Morgan fingerprint density at radius 2 is 1.73 bits per heavy atom. The Bertz CT molecular complexity index is 1430.